The van der Waals surface area contributed by atoms with Gasteiger partial charge in [-0.2, -0.15) is 0 Å². The number of carbonyl (C=O) groups excluding carboxylic acids is 1. The maximum atomic E-state index is 11.8. The van der Waals surface area contributed by atoms with Crippen molar-refractivity contribution >= 4 is 5.97 Å². The summed E-state index contributed by atoms with van der Waals surface area (Å²) in [5, 5.41) is 9.09. The average Bonchev–Trinajstić information content (AvgIpc) is 2.41. The molecule has 4 nitrogen and oxygen atoms in total. The Labute approximate surface area is 95.6 Å². The zero-order chi connectivity index (χ0) is 12.5. The number of rotatable bonds is 2. The Kier molecular flexibility index (Phi) is 3.43. The van der Waals surface area contributed by atoms with Crippen molar-refractivity contribution in [1.82, 2.24) is 4.98 Å². The Bertz CT molecular complexity index is 399. The van der Waals surface area contributed by atoms with Gasteiger partial charge >= 0.3 is 5.97 Å². The number of nitrogens with one attached hydrogen (secondary N) is 1. The van der Waals surface area contributed by atoms with Crippen LogP contribution < -0.4 is 0 Å². The van der Waals surface area contributed by atoms with Gasteiger partial charge in [-0.05, 0) is 45.7 Å². The normalized spacial score (nSPS) is 11.6. The summed E-state index contributed by atoms with van der Waals surface area (Å²) in [6.45, 7) is 9.07. The first-order valence-electron chi connectivity index (χ1n) is 5.28. The van der Waals surface area contributed by atoms with E-state index in [4.69, 9.17) is 9.84 Å². The highest BCUT2D eigenvalue weighted by molar-refractivity contribution is 5.90. The summed E-state index contributed by atoms with van der Waals surface area (Å²) in [5.41, 5.74) is 2.32. The molecule has 0 saturated carbocycles. The molecule has 0 saturated heterocycles. The van der Waals surface area contributed by atoms with Gasteiger partial charge in [0.25, 0.3) is 0 Å². The van der Waals surface area contributed by atoms with E-state index in [0.29, 0.717) is 11.4 Å². The van der Waals surface area contributed by atoms with Crippen LogP contribution in [-0.4, -0.2) is 21.7 Å². The molecule has 2 N–H and O–H groups in total. The minimum Gasteiger partial charge on any atom is -0.455 e. The Balaban J connectivity index is 3.01. The molecule has 0 atom stereocenters. The SMILES string of the molecule is Cc1c(CO)[nH]c(C(=O)OC(C)(C)C)c1C. The van der Waals surface area contributed by atoms with Crippen molar-refractivity contribution in [2.45, 2.75) is 46.8 Å². The van der Waals surface area contributed by atoms with Crippen LogP contribution in [0.5, 0.6) is 0 Å². The van der Waals surface area contributed by atoms with E-state index in [1.165, 1.54) is 0 Å². The number of ether oxygens (including phenoxy) is 1. The molecule has 1 aromatic rings. The highest BCUT2D eigenvalue weighted by atomic mass is 16.6. The highest BCUT2D eigenvalue weighted by Gasteiger charge is 2.22. The summed E-state index contributed by atoms with van der Waals surface area (Å²) in [4.78, 5) is 14.7. The summed E-state index contributed by atoms with van der Waals surface area (Å²) in [6, 6.07) is 0. The van der Waals surface area contributed by atoms with Gasteiger partial charge in [-0.25, -0.2) is 4.79 Å². The first-order valence-corrected chi connectivity index (χ1v) is 5.28. The third-order valence-electron chi connectivity index (χ3n) is 2.43. The lowest BCUT2D eigenvalue weighted by Gasteiger charge is -2.19. The van der Waals surface area contributed by atoms with Crippen molar-refractivity contribution in [3.8, 4) is 0 Å². The smallest absolute Gasteiger partial charge is 0.355 e. The van der Waals surface area contributed by atoms with E-state index in [0.717, 1.165) is 11.1 Å². The second-order valence-electron chi connectivity index (χ2n) is 4.89. The van der Waals surface area contributed by atoms with Crippen molar-refractivity contribution < 1.29 is 14.6 Å². The number of esters is 1. The fraction of sp³-hybridized carbons (Fsp3) is 0.583. The topological polar surface area (TPSA) is 62.3 Å². The second kappa shape index (κ2) is 4.29. The van der Waals surface area contributed by atoms with E-state index in [2.05, 4.69) is 4.98 Å². The number of hydrogen-bond donors (Lipinski definition) is 2. The highest BCUT2D eigenvalue weighted by Crippen LogP contribution is 2.20. The van der Waals surface area contributed by atoms with Crippen LogP contribution in [0.3, 0.4) is 0 Å². The zero-order valence-corrected chi connectivity index (χ0v) is 10.5. The number of H-pyrrole nitrogens is 1. The molecule has 0 aromatic carbocycles. The van der Waals surface area contributed by atoms with Crippen LogP contribution in [0.4, 0.5) is 0 Å². The number of hydrogen-bond acceptors (Lipinski definition) is 3. The summed E-state index contributed by atoms with van der Waals surface area (Å²) in [5.74, 6) is -0.382. The van der Waals surface area contributed by atoms with Crippen molar-refractivity contribution in [3.63, 3.8) is 0 Å². The molecule has 0 aliphatic heterocycles. The van der Waals surface area contributed by atoms with Gasteiger partial charge in [-0.3, -0.25) is 0 Å². The van der Waals surface area contributed by atoms with Gasteiger partial charge in [0.15, 0.2) is 0 Å². The molecule has 0 fully saturated rings. The predicted octanol–water partition coefficient (Wildman–Crippen LogP) is 2.08. The number of aromatic amines is 1. The summed E-state index contributed by atoms with van der Waals surface area (Å²) >= 11 is 0. The predicted molar refractivity (Wildman–Crippen MR) is 61.4 cm³/mol. The third-order valence-corrected chi connectivity index (χ3v) is 2.43. The van der Waals surface area contributed by atoms with Crippen LogP contribution in [0.15, 0.2) is 0 Å². The molecule has 0 aliphatic rings. The first kappa shape index (κ1) is 12.8. The Morgan fingerprint density at radius 1 is 1.31 bits per heavy atom. The molecule has 4 heteroatoms. The maximum Gasteiger partial charge on any atom is 0.355 e. The third kappa shape index (κ3) is 2.64. The molecule has 0 amide bonds. The van der Waals surface area contributed by atoms with Crippen molar-refractivity contribution in [2.24, 2.45) is 0 Å². The van der Waals surface area contributed by atoms with Gasteiger partial charge < -0.3 is 14.8 Å². The molecule has 0 radical (unpaired) electrons. The van der Waals surface area contributed by atoms with E-state index in [-0.39, 0.29) is 12.6 Å². The first-order chi connectivity index (χ1) is 7.26. The van der Waals surface area contributed by atoms with E-state index in [1.807, 2.05) is 34.6 Å². The van der Waals surface area contributed by atoms with E-state index in [9.17, 15) is 4.79 Å². The molecule has 1 heterocycles. The van der Waals surface area contributed by atoms with Gasteiger partial charge in [-0.15, -0.1) is 0 Å². The molecule has 1 rings (SSSR count). The zero-order valence-electron chi connectivity index (χ0n) is 10.5. The number of carbonyl (C=O) groups is 1. The van der Waals surface area contributed by atoms with Crippen LogP contribution in [0.25, 0.3) is 0 Å². The van der Waals surface area contributed by atoms with Gasteiger partial charge in [0.2, 0.25) is 0 Å². The molecule has 0 spiro atoms. The second-order valence-corrected chi connectivity index (χ2v) is 4.89. The molecular formula is C12H19NO3. The largest absolute Gasteiger partial charge is 0.455 e. The van der Waals surface area contributed by atoms with Gasteiger partial charge in [0, 0.05) is 5.69 Å². The van der Waals surface area contributed by atoms with Crippen LogP contribution in [0.2, 0.25) is 0 Å². The minimum absolute atomic E-state index is 0.102. The molecule has 0 unspecified atom stereocenters. The van der Waals surface area contributed by atoms with E-state index < -0.39 is 5.60 Å². The maximum absolute atomic E-state index is 11.8. The average molecular weight is 225 g/mol. The number of aromatic nitrogens is 1. The molecule has 1 aromatic heterocycles. The fourth-order valence-electron chi connectivity index (χ4n) is 1.44. The number of aliphatic hydroxyl groups is 1. The van der Waals surface area contributed by atoms with Crippen LogP contribution in [-0.2, 0) is 11.3 Å². The molecule has 16 heavy (non-hydrogen) atoms. The Hall–Kier alpha value is -1.29. The molecule has 0 bridgehead atoms. The standard InChI is InChI=1S/C12H19NO3/c1-7-8(2)10(13-9(7)6-14)11(15)16-12(3,4)5/h13-14H,6H2,1-5H3. The molecular weight excluding hydrogens is 206 g/mol. The van der Waals surface area contributed by atoms with Gasteiger partial charge in [0.1, 0.15) is 11.3 Å². The summed E-state index contributed by atoms with van der Waals surface area (Å²) in [7, 11) is 0. The van der Waals surface area contributed by atoms with Gasteiger partial charge in [-0.1, -0.05) is 0 Å². The summed E-state index contributed by atoms with van der Waals surface area (Å²) < 4.78 is 5.27. The lowest BCUT2D eigenvalue weighted by Crippen LogP contribution is -2.24. The monoisotopic (exact) mass is 225 g/mol. The quantitative estimate of drug-likeness (QED) is 0.757. The summed E-state index contributed by atoms with van der Waals surface area (Å²) in [6.07, 6.45) is 0. The minimum atomic E-state index is -0.512. The number of aliphatic hydroxyl groups excluding tert-OH is 1. The van der Waals surface area contributed by atoms with Crippen LogP contribution >= 0.6 is 0 Å². The van der Waals surface area contributed by atoms with Crippen molar-refractivity contribution in [1.29, 1.82) is 0 Å². The lowest BCUT2D eigenvalue weighted by molar-refractivity contribution is 0.00625. The van der Waals surface area contributed by atoms with Crippen LogP contribution in [0, 0.1) is 13.8 Å². The van der Waals surface area contributed by atoms with Crippen molar-refractivity contribution in [2.75, 3.05) is 0 Å². The molecule has 90 valence electrons. The van der Waals surface area contributed by atoms with E-state index in [1.54, 1.807) is 0 Å². The molecule has 0 aliphatic carbocycles. The van der Waals surface area contributed by atoms with E-state index >= 15 is 0 Å². The lowest BCUT2D eigenvalue weighted by atomic mass is 10.1. The Morgan fingerprint density at radius 2 is 1.88 bits per heavy atom. The fourth-order valence-corrected chi connectivity index (χ4v) is 1.44. The van der Waals surface area contributed by atoms with Crippen LogP contribution in [0.1, 0.15) is 48.1 Å². The van der Waals surface area contributed by atoms with Crippen molar-refractivity contribution in [3.05, 3.63) is 22.5 Å². The Morgan fingerprint density at radius 3 is 2.25 bits per heavy atom. The van der Waals surface area contributed by atoms with Gasteiger partial charge in [0.05, 0.1) is 6.61 Å².